The van der Waals surface area contributed by atoms with E-state index in [9.17, 15) is 18.0 Å². The molecule has 0 atom stereocenters. The number of alkyl halides is 3. The van der Waals surface area contributed by atoms with Crippen molar-refractivity contribution >= 4 is 12.1 Å². The molecule has 0 radical (unpaired) electrons. The molecule has 1 saturated heterocycles. The lowest BCUT2D eigenvalue weighted by molar-refractivity contribution is -0.159. The number of hydrogen-bond donors (Lipinski definition) is 1. The van der Waals surface area contributed by atoms with Gasteiger partial charge in [0.1, 0.15) is 0 Å². The first-order valence-electron chi connectivity index (χ1n) is 6.56. The minimum Gasteiger partial charge on any atom is -0.347 e. The maximum absolute atomic E-state index is 12.5. The van der Waals surface area contributed by atoms with Gasteiger partial charge in [0.15, 0.2) is 5.79 Å². The number of nitrogens with zero attached hydrogens (tertiary/aromatic N) is 1. The van der Waals surface area contributed by atoms with Crippen LogP contribution in [0.25, 0.3) is 0 Å². The number of carbonyl (C=O) groups excluding carboxylic acids is 1. The highest BCUT2D eigenvalue weighted by Gasteiger charge is 2.33. The molecule has 0 unspecified atom stereocenters. The Balaban J connectivity index is 1.91. The van der Waals surface area contributed by atoms with Crippen LogP contribution < -0.4 is 5.43 Å². The Morgan fingerprint density at radius 3 is 2.73 bits per heavy atom. The van der Waals surface area contributed by atoms with E-state index in [0.29, 0.717) is 13.2 Å². The Bertz CT molecular complexity index is 567. The van der Waals surface area contributed by atoms with E-state index in [0.717, 1.165) is 18.3 Å². The second-order valence-electron chi connectivity index (χ2n) is 4.92. The van der Waals surface area contributed by atoms with E-state index < -0.39 is 23.4 Å². The van der Waals surface area contributed by atoms with E-state index in [1.54, 1.807) is 6.92 Å². The Hall–Kier alpha value is -1.93. The van der Waals surface area contributed by atoms with Gasteiger partial charge in [-0.05, 0) is 24.6 Å². The number of halogens is 3. The Morgan fingerprint density at radius 1 is 1.41 bits per heavy atom. The molecule has 1 heterocycles. The predicted molar refractivity (Wildman–Crippen MR) is 72.1 cm³/mol. The van der Waals surface area contributed by atoms with Crippen molar-refractivity contribution in [2.45, 2.75) is 25.3 Å². The van der Waals surface area contributed by atoms with Crippen molar-refractivity contribution < 1.29 is 27.4 Å². The molecule has 0 aliphatic carbocycles. The van der Waals surface area contributed by atoms with Gasteiger partial charge < -0.3 is 9.47 Å². The van der Waals surface area contributed by atoms with Crippen LogP contribution in [-0.4, -0.2) is 31.1 Å². The smallest absolute Gasteiger partial charge is 0.347 e. The molecule has 5 nitrogen and oxygen atoms in total. The van der Waals surface area contributed by atoms with E-state index in [1.807, 2.05) is 0 Å². The quantitative estimate of drug-likeness (QED) is 0.685. The fraction of sp³-hybridized carbons (Fsp3) is 0.429. The van der Waals surface area contributed by atoms with Crippen LogP contribution in [0, 0.1) is 0 Å². The molecular weight excluding hydrogens is 301 g/mol. The van der Waals surface area contributed by atoms with Gasteiger partial charge in [0.25, 0.3) is 0 Å². The van der Waals surface area contributed by atoms with Gasteiger partial charge in [0.05, 0.1) is 31.4 Å². The molecule has 1 N–H and O–H groups in total. The third-order valence-corrected chi connectivity index (χ3v) is 3.00. The van der Waals surface area contributed by atoms with Crippen molar-refractivity contribution in [2.24, 2.45) is 5.10 Å². The average molecular weight is 316 g/mol. The lowest BCUT2D eigenvalue weighted by atomic mass is 10.1. The van der Waals surface area contributed by atoms with Crippen molar-refractivity contribution in [1.82, 2.24) is 5.43 Å². The van der Waals surface area contributed by atoms with E-state index in [1.165, 1.54) is 12.1 Å². The van der Waals surface area contributed by atoms with E-state index in [2.05, 4.69) is 10.5 Å². The zero-order chi connectivity index (χ0) is 16.2. The number of rotatable bonds is 4. The molecule has 0 bridgehead atoms. The van der Waals surface area contributed by atoms with Gasteiger partial charge >= 0.3 is 6.18 Å². The van der Waals surface area contributed by atoms with E-state index in [-0.39, 0.29) is 12.0 Å². The molecule has 1 fully saturated rings. The number of ether oxygens (including phenoxy) is 2. The fourth-order valence-corrected chi connectivity index (χ4v) is 1.96. The van der Waals surface area contributed by atoms with Crippen LogP contribution in [0.2, 0.25) is 0 Å². The van der Waals surface area contributed by atoms with E-state index >= 15 is 0 Å². The third-order valence-electron chi connectivity index (χ3n) is 3.00. The number of nitrogens with one attached hydrogen (secondary N) is 1. The summed E-state index contributed by atoms with van der Waals surface area (Å²) in [6.07, 6.45) is -3.32. The van der Waals surface area contributed by atoms with Crippen molar-refractivity contribution in [2.75, 3.05) is 13.2 Å². The lowest BCUT2D eigenvalue weighted by Gasteiger charge is -2.20. The molecule has 1 aromatic rings. The normalized spacial score (nSPS) is 17.8. The van der Waals surface area contributed by atoms with Crippen molar-refractivity contribution in [3.05, 3.63) is 35.4 Å². The van der Waals surface area contributed by atoms with Crippen LogP contribution in [-0.2, 0) is 20.4 Å². The molecule has 22 heavy (non-hydrogen) atoms. The van der Waals surface area contributed by atoms with Gasteiger partial charge in [-0.1, -0.05) is 12.1 Å². The maximum Gasteiger partial charge on any atom is 0.416 e. The zero-order valence-electron chi connectivity index (χ0n) is 11.8. The monoisotopic (exact) mass is 316 g/mol. The molecule has 2 rings (SSSR count). The lowest BCUT2D eigenvalue weighted by Crippen LogP contribution is -2.33. The van der Waals surface area contributed by atoms with Gasteiger partial charge in [-0.15, -0.1) is 0 Å². The highest BCUT2D eigenvalue weighted by Crippen LogP contribution is 2.29. The first kappa shape index (κ1) is 16.4. The molecule has 0 saturated carbocycles. The number of benzene rings is 1. The van der Waals surface area contributed by atoms with Gasteiger partial charge in [0, 0.05) is 0 Å². The summed E-state index contributed by atoms with van der Waals surface area (Å²) in [7, 11) is 0. The summed E-state index contributed by atoms with van der Waals surface area (Å²) in [4.78, 5) is 11.7. The second-order valence-corrected chi connectivity index (χ2v) is 4.92. The van der Waals surface area contributed by atoms with Crippen LogP contribution in [0.1, 0.15) is 24.5 Å². The van der Waals surface area contributed by atoms with Crippen molar-refractivity contribution in [3.8, 4) is 0 Å². The molecule has 8 heteroatoms. The average Bonchev–Trinajstić information content (AvgIpc) is 2.84. The fourth-order valence-electron chi connectivity index (χ4n) is 1.96. The summed E-state index contributed by atoms with van der Waals surface area (Å²) in [5.41, 5.74) is 1.69. The topological polar surface area (TPSA) is 59.9 Å². The van der Waals surface area contributed by atoms with Gasteiger partial charge in [-0.3, -0.25) is 4.79 Å². The molecule has 0 spiro atoms. The van der Waals surface area contributed by atoms with Crippen LogP contribution in [0.5, 0.6) is 0 Å². The zero-order valence-corrected chi connectivity index (χ0v) is 11.8. The van der Waals surface area contributed by atoms with Gasteiger partial charge in [0.2, 0.25) is 5.91 Å². The largest absolute Gasteiger partial charge is 0.416 e. The van der Waals surface area contributed by atoms with Crippen LogP contribution in [0.15, 0.2) is 29.4 Å². The summed E-state index contributed by atoms with van der Waals surface area (Å²) >= 11 is 0. The van der Waals surface area contributed by atoms with Crippen LogP contribution in [0.3, 0.4) is 0 Å². The molecule has 120 valence electrons. The first-order valence-corrected chi connectivity index (χ1v) is 6.56. The Labute approximate surface area is 125 Å². The predicted octanol–water partition coefficient (Wildman–Crippen LogP) is 2.31. The summed E-state index contributed by atoms with van der Waals surface area (Å²) in [5.74, 6) is -1.43. The second kappa shape index (κ2) is 6.45. The van der Waals surface area contributed by atoms with Gasteiger partial charge in [-0.2, -0.15) is 18.3 Å². The SMILES string of the molecule is CC1(CC(=O)N/N=C\c2cccc(C(F)(F)F)c2)OCCO1. The van der Waals surface area contributed by atoms with E-state index in [4.69, 9.17) is 9.47 Å². The van der Waals surface area contributed by atoms with Gasteiger partial charge in [-0.25, -0.2) is 5.43 Å². The molecule has 1 aromatic carbocycles. The number of carbonyl (C=O) groups is 1. The minimum absolute atomic E-state index is 0.0487. The highest BCUT2D eigenvalue weighted by molar-refractivity contribution is 5.82. The summed E-state index contributed by atoms with van der Waals surface area (Å²) in [5, 5.41) is 3.63. The minimum atomic E-state index is -4.42. The molecule has 1 amide bonds. The number of hydrogen-bond acceptors (Lipinski definition) is 4. The number of hydrazone groups is 1. The summed E-state index contributed by atoms with van der Waals surface area (Å²) in [6.45, 7) is 2.46. The maximum atomic E-state index is 12.5. The van der Waals surface area contributed by atoms with Crippen LogP contribution >= 0.6 is 0 Å². The Kier molecular flexibility index (Phi) is 4.82. The first-order chi connectivity index (χ1) is 10.3. The summed E-state index contributed by atoms with van der Waals surface area (Å²) < 4.78 is 48.2. The highest BCUT2D eigenvalue weighted by atomic mass is 19.4. The molecular formula is C14H15F3N2O3. The van der Waals surface area contributed by atoms with Crippen molar-refractivity contribution in [1.29, 1.82) is 0 Å². The third kappa shape index (κ3) is 4.54. The summed E-state index contributed by atoms with van der Waals surface area (Å²) in [6, 6.07) is 4.63. The van der Waals surface area contributed by atoms with Crippen molar-refractivity contribution in [3.63, 3.8) is 0 Å². The standard InChI is InChI=1S/C14H15F3N2O3/c1-13(21-5-6-22-13)8-12(20)19-18-9-10-3-2-4-11(7-10)14(15,16)17/h2-4,7,9H,5-6,8H2,1H3,(H,19,20)/b18-9-. The Morgan fingerprint density at radius 2 is 2.09 bits per heavy atom. The molecule has 1 aliphatic heterocycles. The molecule has 1 aliphatic rings. The molecule has 0 aromatic heterocycles. The number of amides is 1. The van der Waals surface area contributed by atoms with Crippen LogP contribution in [0.4, 0.5) is 13.2 Å².